The van der Waals surface area contributed by atoms with Crippen LogP contribution >= 0.6 is 11.6 Å². The molecule has 1 aromatic heterocycles. The van der Waals surface area contributed by atoms with Crippen LogP contribution in [0.2, 0.25) is 5.15 Å². The van der Waals surface area contributed by atoms with Crippen LogP contribution in [0, 0.1) is 6.92 Å². The summed E-state index contributed by atoms with van der Waals surface area (Å²) in [5.74, 6) is 0. The molecule has 1 heterocycles. The molecule has 0 saturated heterocycles. The summed E-state index contributed by atoms with van der Waals surface area (Å²) in [7, 11) is 0. The van der Waals surface area contributed by atoms with Gasteiger partial charge in [-0.25, -0.2) is 0 Å². The SMILES string of the molecule is Cc1n[nH]c(Cl)c1C(C)N. The van der Waals surface area contributed by atoms with Gasteiger partial charge in [0, 0.05) is 11.6 Å². The number of hydrogen-bond donors (Lipinski definition) is 2. The summed E-state index contributed by atoms with van der Waals surface area (Å²) in [6.45, 7) is 3.75. The highest BCUT2D eigenvalue weighted by atomic mass is 35.5. The normalized spacial score (nSPS) is 13.6. The molecule has 0 amide bonds. The van der Waals surface area contributed by atoms with Gasteiger partial charge in [0.05, 0.1) is 5.69 Å². The molecule has 0 saturated carbocycles. The molecule has 3 N–H and O–H groups in total. The van der Waals surface area contributed by atoms with Crippen LogP contribution in [0.25, 0.3) is 0 Å². The second-order valence-corrected chi connectivity index (χ2v) is 2.70. The maximum atomic E-state index is 5.74. The molecule has 0 spiro atoms. The van der Waals surface area contributed by atoms with Crippen LogP contribution in [0.4, 0.5) is 0 Å². The smallest absolute Gasteiger partial charge is 0.129 e. The molecular formula is C6H10ClN3. The van der Waals surface area contributed by atoms with Gasteiger partial charge in [0.15, 0.2) is 0 Å². The number of halogens is 1. The topological polar surface area (TPSA) is 54.7 Å². The Morgan fingerprint density at radius 3 is 2.50 bits per heavy atom. The molecule has 1 unspecified atom stereocenters. The molecule has 0 aliphatic carbocycles. The second kappa shape index (κ2) is 2.60. The van der Waals surface area contributed by atoms with E-state index >= 15 is 0 Å². The summed E-state index contributed by atoms with van der Waals surface area (Å²) in [4.78, 5) is 0. The van der Waals surface area contributed by atoms with Crippen LogP contribution in [0.3, 0.4) is 0 Å². The minimum Gasteiger partial charge on any atom is -0.324 e. The quantitative estimate of drug-likeness (QED) is 0.651. The number of H-pyrrole nitrogens is 1. The van der Waals surface area contributed by atoms with E-state index in [1.54, 1.807) is 0 Å². The van der Waals surface area contributed by atoms with Crippen molar-refractivity contribution in [3.8, 4) is 0 Å². The molecule has 0 fully saturated rings. The van der Waals surface area contributed by atoms with Gasteiger partial charge in [-0.2, -0.15) is 5.10 Å². The first-order valence-corrected chi connectivity index (χ1v) is 3.46. The number of nitrogens with zero attached hydrogens (tertiary/aromatic N) is 1. The summed E-state index contributed by atoms with van der Waals surface area (Å²) in [6, 6.07) is -0.0498. The number of aromatic nitrogens is 2. The average Bonchev–Trinajstić information content (AvgIpc) is 2.11. The van der Waals surface area contributed by atoms with Crippen molar-refractivity contribution in [3.63, 3.8) is 0 Å². The Bertz CT molecular complexity index is 209. The monoisotopic (exact) mass is 159 g/mol. The Balaban J connectivity index is 3.10. The first kappa shape index (κ1) is 7.57. The van der Waals surface area contributed by atoms with E-state index in [9.17, 15) is 0 Å². The summed E-state index contributed by atoms with van der Waals surface area (Å²) in [5, 5.41) is 7.10. The number of hydrogen-bond acceptors (Lipinski definition) is 2. The first-order chi connectivity index (χ1) is 4.63. The van der Waals surface area contributed by atoms with Crippen molar-refractivity contribution in [1.29, 1.82) is 0 Å². The fraction of sp³-hybridized carbons (Fsp3) is 0.500. The van der Waals surface area contributed by atoms with Crippen LogP contribution in [0.1, 0.15) is 24.2 Å². The average molecular weight is 160 g/mol. The number of aryl methyl sites for hydroxylation is 1. The predicted octanol–water partition coefficient (Wildman–Crippen LogP) is 1.39. The fourth-order valence-electron chi connectivity index (χ4n) is 0.942. The van der Waals surface area contributed by atoms with Gasteiger partial charge in [0.1, 0.15) is 5.15 Å². The minimum absolute atomic E-state index is 0.0498. The third kappa shape index (κ3) is 1.15. The van der Waals surface area contributed by atoms with Crippen LogP contribution in [0.15, 0.2) is 0 Å². The zero-order valence-electron chi connectivity index (χ0n) is 5.98. The van der Waals surface area contributed by atoms with E-state index in [0.29, 0.717) is 5.15 Å². The third-order valence-corrected chi connectivity index (χ3v) is 1.69. The molecule has 3 nitrogen and oxygen atoms in total. The molecule has 0 aliphatic rings. The number of nitrogens with one attached hydrogen (secondary N) is 1. The lowest BCUT2D eigenvalue weighted by molar-refractivity contribution is 0.811. The van der Waals surface area contributed by atoms with Gasteiger partial charge in [-0.1, -0.05) is 11.6 Å². The number of rotatable bonds is 1. The summed E-state index contributed by atoms with van der Waals surface area (Å²) in [6.07, 6.45) is 0. The lowest BCUT2D eigenvalue weighted by atomic mass is 10.1. The van der Waals surface area contributed by atoms with E-state index in [0.717, 1.165) is 11.3 Å². The summed E-state index contributed by atoms with van der Waals surface area (Å²) in [5.41, 5.74) is 7.39. The largest absolute Gasteiger partial charge is 0.324 e. The van der Waals surface area contributed by atoms with Gasteiger partial charge in [0.25, 0.3) is 0 Å². The van der Waals surface area contributed by atoms with Gasteiger partial charge in [0.2, 0.25) is 0 Å². The van der Waals surface area contributed by atoms with Crippen molar-refractivity contribution in [2.24, 2.45) is 5.73 Å². The van der Waals surface area contributed by atoms with Gasteiger partial charge >= 0.3 is 0 Å². The van der Waals surface area contributed by atoms with Crippen molar-refractivity contribution in [2.75, 3.05) is 0 Å². The zero-order valence-corrected chi connectivity index (χ0v) is 6.74. The number of nitrogens with two attached hydrogens (primary N) is 1. The third-order valence-electron chi connectivity index (χ3n) is 1.40. The fourth-order valence-corrected chi connectivity index (χ4v) is 1.29. The molecule has 1 aromatic rings. The molecule has 56 valence electrons. The maximum Gasteiger partial charge on any atom is 0.129 e. The minimum atomic E-state index is -0.0498. The van der Waals surface area contributed by atoms with E-state index in [4.69, 9.17) is 17.3 Å². The molecule has 0 aliphatic heterocycles. The predicted molar refractivity (Wildman–Crippen MR) is 40.9 cm³/mol. The Hall–Kier alpha value is -0.540. The molecule has 0 radical (unpaired) electrons. The Labute approximate surface area is 64.6 Å². The van der Waals surface area contributed by atoms with E-state index < -0.39 is 0 Å². The highest BCUT2D eigenvalue weighted by Gasteiger charge is 2.10. The van der Waals surface area contributed by atoms with Crippen LogP contribution < -0.4 is 5.73 Å². The highest BCUT2D eigenvalue weighted by Crippen LogP contribution is 2.21. The number of aromatic amines is 1. The van der Waals surface area contributed by atoms with Crippen molar-refractivity contribution < 1.29 is 0 Å². The molecule has 10 heavy (non-hydrogen) atoms. The molecule has 1 atom stereocenters. The molecule has 0 bridgehead atoms. The van der Waals surface area contributed by atoms with E-state index in [-0.39, 0.29) is 6.04 Å². The Kier molecular flexibility index (Phi) is 1.97. The summed E-state index contributed by atoms with van der Waals surface area (Å²) < 4.78 is 0. The molecular weight excluding hydrogens is 150 g/mol. The first-order valence-electron chi connectivity index (χ1n) is 3.09. The van der Waals surface area contributed by atoms with Crippen molar-refractivity contribution >= 4 is 11.6 Å². The van der Waals surface area contributed by atoms with Gasteiger partial charge in [-0.15, -0.1) is 0 Å². The Morgan fingerprint density at radius 2 is 2.30 bits per heavy atom. The van der Waals surface area contributed by atoms with Crippen LogP contribution in [-0.4, -0.2) is 10.2 Å². The maximum absolute atomic E-state index is 5.74. The van der Waals surface area contributed by atoms with Crippen molar-refractivity contribution in [1.82, 2.24) is 10.2 Å². The van der Waals surface area contributed by atoms with Crippen molar-refractivity contribution in [2.45, 2.75) is 19.9 Å². The van der Waals surface area contributed by atoms with Crippen LogP contribution in [0.5, 0.6) is 0 Å². The van der Waals surface area contributed by atoms with E-state index in [2.05, 4.69) is 10.2 Å². The van der Waals surface area contributed by atoms with E-state index in [1.807, 2.05) is 13.8 Å². The molecule has 4 heteroatoms. The molecule has 0 aromatic carbocycles. The van der Waals surface area contributed by atoms with Gasteiger partial charge < -0.3 is 5.73 Å². The lowest BCUT2D eigenvalue weighted by Gasteiger charge is -2.01. The standard InChI is InChI=1S/C6H10ClN3/c1-3(8)5-4(2)9-10-6(5)7/h3H,8H2,1-2H3,(H,9,10). The van der Waals surface area contributed by atoms with Gasteiger partial charge in [-0.05, 0) is 13.8 Å². The van der Waals surface area contributed by atoms with Crippen molar-refractivity contribution in [3.05, 3.63) is 16.4 Å². The second-order valence-electron chi connectivity index (χ2n) is 2.33. The van der Waals surface area contributed by atoms with E-state index in [1.165, 1.54) is 0 Å². The molecule has 1 rings (SSSR count). The summed E-state index contributed by atoms with van der Waals surface area (Å²) >= 11 is 5.74. The Morgan fingerprint density at radius 1 is 1.70 bits per heavy atom. The zero-order chi connectivity index (χ0) is 7.72. The van der Waals surface area contributed by atoms with Crippen LogP contribution in [-0.2, 0) is 0 Å². The lowest BCUT2D eigenvalue weighted by Crippen LogP contribution is -2.05. The van der Waals surface area contributed by atoms with Gasteiger partial charge in [-0.3, -0.25) is 5.10 Å². The highest BCUT2D eigenvalue weighted by molar-refractivity contribution is 6.30.